The molecule has 0 nitrogen and oxygen atoms in total. The van der Waals surface area contributed by atoms with Gasteiger partial charge in [0.2, 0.25) is 0 Å². The standard InChI is InChI=1S/C15H24/c1-5-14(6-2-12(1)9-14)11-15-7-3-13(10-15)4-8-15/h12-13H,1-11H2. The van der Waals surface area contributed by atoms with Gasteiger partial charge in [-0.25, -0.2) is 0 Å². The summed E-state index contributed by atoms with van der Waals surface area (Å²) in [6.07, 6.45) is 17.6. The Morgan fingerprint density at radius 3 is 1.33 bits per heavy atom. The van der Waals surface area contributed by atoms with Gasteiger partial charge in [0.25, 0.3) is 0 Å². The van der Waals surface area contributed by atoms with Gasteiger partial charge in [0.05, 0.1) is 0 Å². The smallest absolute Gasteiger partial charge is 0.0289 e. The van der Waals surface area contributed by atoms with Crippen molar-refractivity contribution in [3.8, 4) is 0 Å². The minimum Gasteiger partial charge on any atom is -0.0499 e. The average molecular weight is 204 g/mol. The van der Waals surface area contributed by atoms with Gasteiger partial charge in [0.15, 0.2) is 0 Å². The van der Waals surface area contributed by atoms with E-state index in [1.807, 2.05) is 0 Å². The van der Waals surface area contributed by atoms with Crippen molar-refractivity contribution >= 4 is 0 Å². The first-order valence-electron chi connectivity index (χ1n) is 7.28. The molecule has 4 bridgehead atoms. The molecule has 0 N–H and O–H groups in total. The summed E-state index contributed by atoms with van der Waals surface area (Å²) in [6.45, 7) is 0. The topological polar surface area (TPSA) is 0 Å². The molecule has 0 spiro atoms. The molecule has 0 aromatic heterocycles. The largest absolute Gasteiger partial charge is 0.0499 e. The first kappa shape index (κ1) is 9.07. The monoisotopic (exact) mass is 204 g/mol. The van der Waals surface area contributed by atoms with Crippen molar-refractivity contribution in [3.05, 3.63) is 0 Å². The van der Waals surface area contributed by atoms with Gasteiger partial charge >= 0.3 is 0 Å². The predicted molar refractivity (Wildman–Crippen MR) is 62.6 cm³/mol. The molecule has 4 aliphatic rings. The summed E-state index contributed by atoms with van der Waals surface area (Å²) in [5.41, 5.74) is 1.73. The fraction of sp³-hybridized carbons (Fsp3) is 1.00. The molecule has 15 heavy (non-hydrogen) atoms. The van der Waals surface area contributed by atoms with Crippen LogP contribution in [-0.4, -0.2) is 0 Å². The van der Waals surface area contributed by atoms with Crippen molar-refractivity contribution in [2.24, 2.45) is 22.7 Å². The van der Waals surface area contributed by atoms with E-state index in [2.05, 4.69) is 0 Å². The molecule has 0 aliphatic heterocycles. The Bertz CT molecular complexity index is 234. The van der Waals surface area contributed by atoms with Crippen LogP contribution in [0, 0.1) is 22.7 Å². The van der Waals surface area contributed by atoms with E-state index in [-0.39, 0.29) is 0 Å². The van der Waals surface area contributed by atoms with Gasteiger partial charge in [-0.3, -0.25) is 0 Å². The first-order valence-corrected chi connectivity index (χ1v) is 7.28. The van der Waals surface area contributed by atoms with Gasteiger partial charge in [-0.1, -0.05) is 0 Å². The van der Waals surface area contributed by atoms with Crippen LogP contribution in [0.15, 0.2) is 0 Å². The zero-order valence-corrected chi connectivity index (χ0v) is 9.93. The summed E-state index contributed by atoms with van der Waals surface area (Å²) in [6, 6.07) is 0. The van der Waals surface area contributed by atoms with Crippen LogP contribution in [0.3, 0.4) is 0 Å². The molecule has 0 aromatic rings. The van der Waals surface area contributed by atoms with Crippen LogP contribution in [0.4, 0.5) is 0 Å². The quantitative estimate of drug-likeness (QED) is 0.619. The number of fused-ring (bicyclic) bond motifs is 4. The van der Waals surface area contributed by atoms with Crippen molar-refractivity contribution in [3.63, 3.8) is 0 Å². The molecular formula is C15H24. The van der Waals surface area contributed by atoms with E-state index in [0.717, 1.165) is 22.7 Å². The highest BCUT2D eigenvalue weighted by Gasteiger charge is 2.53. The van der Waals surface area contributed by atoms with Crippen LogP contribution in [-0.2, 0) is 0 Å². The fourth-order valence-corrected chi connectivity index (χ4v) is 5.91. The highest BCUT2D eigenvalue weighted by molar-refractivity contribution is 5.04. The Hall–Kier alpha value is 0. The molecule has 0 atom stereocenters. The number of rotatable bonds is 2. The van der Waals surface area contributed by atoms with Crippen molar-refractivity contribution in [1.82, 2.24) is 0 Å². The minimum atomic E-state index is 0.865. The Labute approximate surface area is 93.8 Å². The van der Waals surface area contributed by atoms with E-state index < -0.39 is 0 Å². The molecule has 0 aromatic carbocycles. The molecule has 0 heteroatoms. The minimum absolute atomic E-state index is 0.865. The SMILES string of the molecule is C1CC2(CC34CCC(CC3)C4)CCC1C2. The number of hydrogen-bond donors (Lipinski definition) is 0. The van der Waals surface area contributed by atoms with Gasteiger partial charge in [0.1, 0.15) is 0 Å². The van der Waals surface area contributed by atoms with Crippen LogP contribution in [0.25, 0.3) is 0 Å². The van der Waals surface area contributed by atoms with E-state index >= 15 is 0 Å². The Kier molecular flexibility index (Phi) is 1.70. The van der Waals surface area contributed by atoms with E-state index in [0.29, 0.717) is 0 Å². The summed E-state index contributed by atoms with van der Waals surface area (Å²) >= 11 is 0. The Morgan fingerprint density at radius 1 is 0.667 bits per heavy atom. The molecule has 4 aliphatic carbocycles. The second kappa shape index (κ2) is 2.81. The Morgan fingerprint density at radius 2 is 1.07 bits per heavy atom. The molecule has 0 heterocycles. The predicted octanol–water partition coefficient (Wildman–Crippen LogP) is 4.54. The second-order valence-corrected chi connectivity index (χ2v) is 7.47. The third kappa shape index (κ3) is 1.26. The third-order valence-electron chi connectivity index (χ3n) is 6.53. The molecule has 84 valence electrons. The molecular weight excluding hydrogens is 180 g/mol. The van der Waals surface area contributed by atoms with E-state index in [1.54, 1.807) is 70.6 Å². The van der Waals surface area contributed by atoms with Gasteiger partial charge in [-0.2, -0.15) is 0 Å². The van der Waals surface area contributed by atoms with Gasteiger partial charge < -0.3 is 0 Å². The van der Waals surface area contributed by atoms with Crippen LogP contribution in [0.5, 0.6) is 0 Å². The van der Waals surface area contributed by atoms with Crippen molar-refractivity contribution < 1.29 is 0 Å². The lowest BCUT2D eigenvalue weighted by Crippen LogP contribution is -2.26. The maximum Gasteiger partial charge on any atom is -0.0289 e. The van der Waals surface area contributed by atoms with Crippen molar-refractivity contribution in [2.75, 3.05) is 0 Å². The highest BCUT2D eigenvalue weighted by atomic mass is 14.6. The van der Waals surface area contributed by atoms with Gasteiger partial charge in [-0.05, 0) is 93.3 Å². The third-order valence-corrected chi connectivity index (χ3v) is 6.53. The molecule has 4 fully saturated rings. The molecule has 0 unspecified atom stereocenters. The van der Waals surface area contributed by atoms with E-state index in [4.69, 9.17) is 0 Å². The summed E-state index contributed by atoms with van der Waals surface area (Å²) in [7, 11) is 0. The molecule has 0 radical (unpaired) electrons. The normalized spacial score (nSPS) is 56.8. The van der Waals surface area contributed by atoms with Gasteiger partial charge in [0, 0.05) is 0 Å². The zero-order valence-electron chi connectivity index (χ0n) is 9.93. The van der Waals surface area contributed by atoms with E-state index in [9.17, 15) is 0 Å². The zero-order chi connectivity index (χ0) is 9.93. The fourth-order valence-electron chi connectivity index (χ4n) is 5.91. The van der Waals surface area contributed by atoms with Crippen molar-refractivity contribution in [1.29, 1.82) is 0 Å². The lowest BCUT2D eigenvalue weighted by Gasteiger charge is -2.37. The first-order chi connectivity index (χ1) is 7.28. The number of hydrogen-bond acceptors (Lipinski definition) is 0. The maximum atomic E-state index is 1.65. The lowest BCUT2D eigenvalue weighted by molar-refractivity contribution is 0.138. The summed E-state index contributed by atoms with van der Waals surface area (Å²) in [5, 5.41) is 0. The highest BCUT2D eigenvalue weighted by Crippen LogP contribution is 2.65. The van der Waals surface area contributed by atoms with Crippen LogP contribution >= 0.6 is 0 Å². The average Bonchev–Trinajstić information content (AvgIpc) is 2.95. The van der Waals surface area contributed by atoms with E-state index in [1.165, 1.54) is 0 Å². The second-order valence-electron chi connectivity index (χ2n) is 7.47. The summed E-state index contributed by atoms with van der Waals surface area (Å²) in [5.74, 6) is 2.31. The molecule has 0 saturated heterocycles. The Balaban J connectivity index is 1.55. The molecule has 4 rings (SSSR count). The maximum absolute atomic E-state index is 1.65. The molecule has 4 saturated carbocycles. The summed E-state index contributed by atoms with van der Waals surface area (Å²) < 4.78 is 0. The van der Waals surface area contributed by atoms with Crippen molar-refractivity contribution in [2.45, 2.75) is 70.6 Å². The molecule has 0 amide bonds. The lowest BCUT2D eigenvalue weighted by atomic mass is 9.68. The summed E-state index contributed by atoms with van der Waals surface area (Å²) in [4.78, 5) is 0. The van der Waals surface area contributed by atoms with Crippen LogP contribution < -0.4 is 0 Å². The van der Waals surface area contributed by atoms with Gasteiger partial charge in [-0.15, -0.1) is 0 Å². The van der Waals surface area contributed by atoms with Crippen LogP contribution in [0.2, 0.25) is 0 Å². The van der Waals surface area contributed by atoms with Crippen LogP contribution in [0.1, 0.15) is 70.6 Å².